The van der Waals surface area contributed by atoms with Crippen LogP contribution < -0.4 is 5.32 Å². The highest BCUT2D eigenvalue weighted by molar-refractivity contribution is 7.17. The van der Waals surface area contributed by atoms with Crippen molar-refractivity contribution in [3.63, 3.8) is 0 Å². The lowest BCUT2D eigenvalue weighted by Crippen LogP contribution is -2.55. The molecule has 3 aliphatic rings. The Morgan fingerprint density at radius 1 is 1.30 bits per heavy atom. The molecule has 2 aliphatic heterocycles. The van der Waals surface area contributed by atoms with Crippen molar-refractivity contribution in [2.75, 3.05) is 13.2 Å². The Balaban J connectivity index is 1.32. The molecule has 0 spiro atoms. The second kappa shape index (κ2) is 9.58. The first-order valence-corrected chi connectivity index (χ1v) is 12.5. The number of ketones is 1. The molecule has 2 aromatic rings. The van der Waals surface area contributed by atoms with E-state index in [1.165, 1.54) is 17.7 Å². The van der Waals surface area contributed by atoms with Gasteiger partial charge in [0.15, 0.2) is 5.78 Å². The molecule has 5 rings (SSSR count). The largest absolute Gasteiger partial charge is 0.367 e. The van der Waals surface area contributed by atoms with Crippen molar-refractivity contribution in [2.45, 2.75) is 55.3 Å². The number of fused-ring (bicyclic) bond motifs is 1. The number of nitrogens with one attached hydrogen (secondary N) is 1. The average molecular weight is 489 g/mol. The van der Waals surface area contributed by atoms with Gasteiger partial charge in [-0.05, 0) is 31.0 Å². The van der Waals surface area contributed by atoms with E-state index in [1.54, 1.807) is 18.3 Å². The molecule has 3 fully saturated rings. The van der Waals surface area contributed by atoms with Gasteiger partial charge in [0.2, 0.25) is 0 Å². The lowest BCUT2D eigenvalue weighted by Gasteiger charge is -2.42. The number of aromatic nitrogens is 2. The molecule has 6 atom stereocenters. The van der Waals surface area contributed by atoms with E-state index in [2.05, 4.69) is 20.2 Å². The summed E-state index contributed by atoms with van der Waals surface area (Å²) in [5, 5.41) is 2.70. The van der Waals surface area contributed by atoms with Crippen molar-refractivity contribution >= 4 is 40.9 Å². The number of alkyl halides is 1. The third-order valence-electron chi connectivity index (χ3n) is 6.94. The van der Waals surface area contributed by atoms with Crippen molar-refractivity contribution in [1.29, 1.82) is 0 Å². The summed E-state index contributed by atoms with van der Waals surface area (Å²) in [6.45, 7) is 0.643. The van der Waals surface area contributed by atoms with E-state index in [0.29, 0.717) is 11.4 Å². The van der Waals surface area contributed by atoms with Crippen LogP contribution in [0.3, 0.4) is 0 Å². The zero-order valence-corrected chi connectivity index (χ0v) is 19.5. The molecule has 0 radical (unpaired) electrons. The Kier molecular flexibility index (Phi) is 6.56. The van der Waals surface area contributed by atoms with Gasteiger partial charge in [-0.15, -0.1) is 22.9 Å². The molecule has 2 saturated heterocycles. The van der Waals surface area contributed by atoms with Crippen LogP contribution in [-0.2, 0) is 14.3 Å². The molecular weight excluding hydrogens is 464 g/mol. The number of hydrogen-bond donors (Lipinski definition) is 1. The Hall–Kier alpha value is -2.20. The highest BCUT2D eigenvalue weighted by atomic mass is 35.5. The minimum Gasteiger partial charge on any atom is -0.367 e. The molecule has 174 valence electrons. The maximum atomic E-state index is 13.0. The number of halogens is 1. The third kappa shape index (κ3) is 4.35. The van der Waals surface area contributed by atoms with E-state index in [4.69, 9.17) is 16.3 Å². The maximum absolute atomic E-state index is 13.0. The van der Waals surface area contributed by atoms with Crippen LogP contribution in [0, 0.1) is 5.92 Å². The van der Waals surface area contributed by atoms with Gasteiger partial charge in [-0.1, -0.05) is 12.8 Å². The number of ether oxygens (including phenoxy) is 1. The fourth-order valence-corrected chi connectivity index (χ4v) is 6.70. The molecule has 1 N–H and O–H groups in total. The second-order valence-corrected chi connectivity index (χ2v) is 10.5. The van der Waals surface area contributed by atoms with Gasteiger partial charge in [0, 0.05) is 24.7 Å². The van der Waals surface area contributed by atoms with Crippen LogP contribution in [0.5, 0.6) is 0 Å². The van der Waals surface area contributed by atoms with Gasteiger partial charge in [-0.25, -0.2) is 9.97 Å². The summed E-state index contributed by atoms with van der Waals surface area (Å²) in [5.74, 6) is -0.316. The number of nitrogens with zero attached hydrogens (tertiary/aromatic N) is 3. The molecular formula is C23H25ClN4O4S. The molecule has 2 aromatic heterocycles. The first-order chi connectivity index (χ1) is 16.1. The summed E-state index contributed by atoms with van der Waals surface area (Å²) in [6, 6.07) is 4.38. The molecule has 10 heteroatoms. The number of hydrogen-bond acceptors (Lipinski definition) is 8. The van der Waals surface area contributed by atoms with Gasteiger partial charge in [0.25, 0.3) is 5.91 Å². The number of likely N-dealkylation sites (tertiary alicyclic amines) is 1. The predicted molar refractivity (Wildman–Crippen MR) is 123 cm³/mol. The van der Waals surface area contributed by atoms with Gasteiger partial charge >= 0.3 is 0 Å². The molecule has 8 nitrogen and oxygen atoms in total. The van der Waals surface area contributed by atoms with Crippen molar-refractivity contribution in [1.82, 2.24) is 20.2 Å². The van der Waals surface area contributed by atoms with Crippen LogP contribution in [0.15, 0.2) is 30.7 Å². The number of amides is 1. The number of Topliss-reactive ketones (excluding diaryl/α,β-unsaturated/α-hetero) is 1. The molecule has 0 bridgehead atoms. The molecule has 33 heavy (non-hydrogen) atoms. The zero-order chi connectivity index (χ0) is 22.9. The number of carbonyl (C=O) groups is 3. The maximum Gasteiger partial charge on any atom is 0.261 e. The first-order valence-electron chi connectivity index (χ1n) is 11.2. The molecule has 1 saturated carbocycles. The lowest BCUT2D eigenvalue weighted by atomic mass is 9.78. The third-order valence-corrected chi connectivity index (χ3v) is 8.43. The fraction of sp³-hybridized carbons (Fsp3) is 0.522. The highest BCUT2D eigenvalue weighted by Crippen LogP contribution is 2.39. The minimum atomic E-state index is -0.641. The number of rotatable bonds is 6. The van der Waals surface area contributed by atoms with Crippen LogP contribution in [0.1, 0.15) is 35.4 Å². The van der Waals surface area contributed by atoms with E-state index in [-0.39, 0.29) is 47.8 Å². The topological polar surface area (TPSA) is 101 Å². The van der Waals surface area contributed by atoms with E-state index in [1.807, 2.05) is 6.07 Å². The molecule has 1 amide bonds. The smallest absolute Gasteiger partial charge is 0.261 e. The SMILES string of the molecule is O=CC(NC(=O)c1ccc(-c2ccncn2)s1)C1CCCC[C@@H]1N1C[C@H](Cl)[C@H]2OCC(=O)[C@H]21. The Labute approximate surface area is 200 Å². The summed E-state index contributed by atoms with van der Waals surface area (Å²) in [5.41, 5.74) is 0.746. The van der Waals surface area contributed by atoms with E-state index in [9.17, 15) is 14.4 Å². The van der Waals surface area contributed by atoms with Crippen LogP contribution >= 0.6 is 22.9 Å². The molecule has 4 heterocycles. The van der Waals surface area contributed by atoms with Crippen molar-refractivity contribution in [3.05, 3.63) is 35.6 Å². The quantitative estimate of drug-likeness (QED) is 0.491. The van der Waals surface area contributed by atoms with Crippen LogP contribution in [0.2, 0.25) is 0 Å². The normalized spacial score (nSPS) is 30.7. The Morgan fingerprint density at radius 2 is 2.15 bits per heavy atom. The van der Waals surface area contributed by atoms with Gasteiger partial charge in [0.1, 0.15) is 19.2 Å². The average Bonchev–Trinajstić information content (AvgIpc) is 3.56. The summed E-state index contributed by atoms with van der Waals surface area (Å²) in [7, 11) is 0. The van der Waals surface area contributed by atoms with Crippen LogP contribution in [0.25, 0.3) is 10.6 Å². The van der Waals surface area contributed by atoms with E-state index < -0.39 is 6.04 Å². The summed E-state index contributed by atoms with van der Waals surface area (Å²) in [4.78, 5) is 49.3. The first kappa shape index (κ1) is 22.6. The van der Waals surface area contributed by atoms with Crippen molar-refractivity contribution in [3.8, 4) is 10.6 Å². The minimum absolute atomic E-state index is 0.00364. The van der Waals surface area contributed by atoms with Crippen molar-refractivity contribution in [2.24, 2.45) is 5.92 Å². The molecule has 2 unspecified atom stereocenters. The van der Waals surface area contributed by atoms with Gasteiger partial charge in [-0.2, -0.15) is 0 Å². The standard InChI is InChI=1S/C23H25ClN4O4S/c24-14-9-28(21-18(30)11-32-22(14)21)17-4-2-1-3-13(17)16(10-29)27-23(31)20-6-5-19(33-20)15-7-8-25-12-26-15/h5-8,10,12-14,16-17,21-22H,1-4,9,11H2,(H,27,31)/t13?,14-,16?,17-,21+,22+/m0/s1. The van der Waals surface area contributed by atoms with Crippen molar-refractivity contribution < 1.29 is 19.1 Å². The molecule has 1 aliphatic carbocycles. The number of aldehydes is 1. The fourth-order valence-electron chi connectivity index (χ4n) is 5.44. The Bertz CT molecular complexity index is 1030. The monoisotopic (exact) mass is 488 g/mol. The van der Waals surface area contributed by atoms with Crippen LogP contribution in [0.4, 0.5) is 0 Å². The second-order valence-electron chi connectivity index (χ2n) is 8.81. The summed E-state index contributed by atoms with van der Waals surface area (Å²) in [6.07, 6.45) is 7.33. The summed E-state index contributed by atoms with van der Waals surface area (Å²) >= 11 is 7.83. The predicted octanol–water partition coefficient (Wildman–Crippen LogP) is 2.32. The van der Waals surface area contributed by atoms with Gasteiger partial charge in [0.05, 0.1) is 39.0 Å². The Morgan fingerprint density at radius 3 is 2.94 bits per heavy atom. The van der Waals surface area contributed by atoms with E-state index >= 15 is 0 Å². The summed E-state index contributed by atoms with van der Waals surface area (Å²) < 4.78 is 5.64. The highest BCUT2D eigenvalue weighted by Gasteiger charge is 2.53. The number of carbonyl (C=O) groups excluding carboxylic acids is 3. The zero-order valence-electron chi connectivity index (χ0n) is 17.9. The van der Waals surface area contributed by atoms with Crippen LogP contribution in [-0.4, -0.2) is 75.6 Å². The lowest BCUT2D eigenvalue weighted by molar-refractivity contribution is -0.122. The molecule has 0 aromatic carbocycles. The van der Waals surface area contributed by atoms with E-state index in [0.717, 1.165) is 42.5 Å². The number of thiophene rings is 1. The van der Waals surface area contributed by atoms with Gasteiger partial charge in [-0.3, -0.25) is 14.5 Å². The van der Waals surface area contributed by atoms with Gasteiger partial charge < -0.3 is 14.8 Å².